The first-order chi connectivity index (χ1) is 7.98. The summed E-state index contributed by atoms with van der Waals surface area (Å²) in [6.45, 7) is 0.726. The van der Waals surface area contributed by atoms with Crippen LogP contribution in [0.3, 0.4) is 0 Å². The van der Waals surface area contributed by atoms with Gasteiger partial charge in [0.05, 0.1) is 17.5 Å². The number of sulfone groups is 1. The summed E-state index contributed by atoms with van der Waals surface area (Å²) in [7, 11) is -2.97. The highest BCUT2D eigenvalue weighted by Gasteiger charge is 2.36. The molecule has 0 bridgehead atoms. The molecule has 100 valence electrons. The van der Waals surface area contributed by atoms with E-state index in [4.69, 9.17) is 4.74 Å². The maximum atomic E-state index is 11.6. The van der Waals surface area contributed by atoms with E-state index < -0.39 is 15.9 Å². The van der Waals surface area contributed by atoms with E-state index in [0.717, 1.165) is 38.7 Å². The molecule has 1 N–H and O–H groups in total. The Bertz CT molecular complexity index is 346. The minimum absolute atomic E-state index is 0.0710. The number of aliphatic hydroxyl groups is 1. The Morgan fingerprint density at radius 2 is 2.00 bits per heavy atom. The molecule has 0 amide bonds. The molecule has 1 heterocycles. The van der Waals surface area contributed by atoms with Gasteiger partial charge in [0, 0.05) is 12.9 Å². The van der Waals surface area contributed by atoms with Gasteiger partial charge in [0.25, 0.3) is 0 Å². The van der Waals surface area contributed by atoms with E-state index in [9.17, 15) is 13.5 Å². The van der Waals surface area contributed by atoms with Crippen molar-refractivity contribution in [1.82, 2.24) is 0 Å². The van der Waals surface area contributed by atoms with Crippen LogP contribution in [0.1, 0.15) is 38.5 Å². The van der Waals surface area contributed by atoms with Crippen LogP contribution in [-0.2, 0) is 14.6 Å². The summed E-state index contributed by atoms with van der Waals surface area (Å²) in [6, 6.07) is 0. The standard InChI is InChI=1S/C12H22O4S/c1-17(14,15)10-5-2-4-9(8-10)12(13)11-6-3-7-16-11/h9-13H,2-8H2,1H3. The van der Waals surface area contributed by atoms with Crippen LogP contribution in [0.5, 0.6) is 0 Å². The third kappa shape index (κ3) is 3.20. The third-order valence-electron chi connectivity index (χ3n) is 4.10. The second-order valence-corrected chi connectivity index (χ2v) is 7.75. The van der Waals surface area contributed by atoms with Crippen molar-refractivity contribution >= 4 is 9.84 Å². The quantitative estimate of drug-likeness (QED) is 0.828. The molecule has 0 aromatic heterocycles. The van der Waals surface area contributed by atoms with Crippen LogP contribution >= 0.6 is 0 Å². The molecule has 1 aliphatic carbocycles. The van der Waals surface area contributed by atoms with Gasteiger partial charge < -0.3 is 9.84 Å². The van der Waals surface area contributed by atoms with Crippen molar-refractivity contribution in [2.24, 2.45) is 5.92 Å². The highest BCUT2D eigenvalue weighted by molar-refractivity contribution is 7.91. The van der Waals surface area contributed by atoms with Crippen LogP contribution in [-0.4, -0.2) is 43.8 Å². The van der Waals surface area contributed by atoms with Crippen molar-refractivity contribution in [3.8, 4) is 0 Å². The van der Waals surface area contributed by atoms with Gasteiger partial charge in [0.1, 0.15) is 9.84 Å². The summed E-state index contributed by atoms with van der Waals surface area (Å²) < 4.78 is 28.6. The zero-order chi connectivity index (χ0) is 12.5. The van der Waals surface area contributed by atoms with Gasteiger partial charge in [-0.2, -0.15) is 0 Å². The Hall–Kier alpha value is -0.130. The summed E-state index contributed by atoms with van der Waals surface area (Å²) in [6.07, 6.45) is 5.82. The molecule has 0 aromatic carbocycles. The minimum Gasteiger partial charge on any atom is -0.390 e. The maximum Gasteiger partial charge on any atom is 0.150 e. The predicted octanol–water partition coefficient (Wildman–Crippen LogP) is 1.13. The molecule has 2 fully saturated rings. The van der Waals surface area contributed by atoms with Crippen LogP contribution in [0.25, 0.3) is 0 Å². The van der Waals surface area contributed by atoms with Gasteiger partial charge in [-0.25, -0.2) is 8.42 Å². The molecule has 0 spiro atoms. The molecule has 1 saturated heterocycles. The van der Waals surface area contributed by atoms with Gasteiger partial charge in [0.15, 0.2) is 0 Å². The largest absolute Gasteiger partial charge is 0.390 e. The van der Waals surface area contributed by atoms with Crippen LogP contribution in [0.4, 0.5) is 0 Å². The number of aliphatic hydroxyl groups excluding tert-OH is 1. The summed E-state index contributed by atoms with van der Waals surface area (Å²) in [5.74, 6) is 0.0894. The molecular formula is C12H22O4S. The fraction of sp³-hybridized carbons (Fsp3) is 1.00. The van der Waals surface area contributed by atoms with Crippen LogP contribution in [0.2, 0.25) is 0 Å². The fourth-order valence-corrected chi connectivity index (χ4v) is 4.25. The second kappa shape index (κ2) is 5.24. The van der Waals surface area contributed by atoms with Gasteiger partial charge in [-0.15, -0.1) is 0 Å². The number of rotatable bonds is 3. The molecule has 0 aromatic rings. The predicted molar refractivity (Wildman–Crippen MR) is 65.6 cm³/mol. The van der Waals surface area contributed by atoms with E-state index in [1.807, 2.05) is 0 Å². The summed E-state index contributed by atoms with van der Waals surface area (Å²) in [5.41, 5.74) is 0. The second-order valence-electron chi connectivity index (χ2n) is 5.42. The van der Waals surface area contributed by atoms with E-state index >= 15 is 0 Å². The SMILES string of the molecule is CS(=O)(=O)C1CCCC(C(O)C2CCCO2)C1. The lowest BCUT2D eigenvalue weighted by Crippen LogP contribution is -2.39. The lowest BCUT2D eigenvalue weighted by molar-refractivity contribution is -0.0398. The third-order valence-corrected chi connectivity index (χ3v) is 5.74. The lowest BCUT2D eigenvalue weighted by Gasteiger charge is -2.33. The molecule has 4 nitrogen and oxygen atoms in total. The molecule has 4 unspecified atom stereocenters. The van der Waals surface area contributed by atoms with E-state index in [-0.39, 0.29) is 17.3 Å². The van der Waals surface area contributed by atoms with Gasteiger partial charge in [-0.1, -0.05) is 6.42 Å². The fourth-order valence-electron chi connectivity index (χ4n) is 3.06. The van der Waals surface area contributed by atoms with Crippen molar-refractivity contribution in [2.75, 3.05) is 12.9 Å². The van der Waals surface area contributed by atoms with Crippen molar-refractivity contribution < 1.29 is 18.3 Å². The monoisotopic (exact) mass is 262 g/mol. The van der Waals surface area contributed by atoms with E-state index in [1.165, 1.54) is 6.26 Å². The normalized spacial score (nSPS) is 36.9. The lowest BCUT2D eigenvalue weighted by atomic mass is 9.82. The molecule has 1 saturated carbocycles. The molecule has 0 radical (unpaired) electrons. The maximum absolute atomic E-state index is 11.6. The first-order valence-corrected chi connectivity index (χ1v) is 8.42. The van der Waals surface area contributed by atoms with E-state index in [0.29, 0.717) is 6.42 Å². The molecule has 5 heteroatoms. The van der Waals surface area contributed by atoms with Gasteiger partial charge >= 0.3 is 0 Å². The molecule has 17 heavy (non-hydrogen) atoms. The van der Waals surface area contributed by atoms with Gasteiger partial charge in [-0.3, -0.25) is 0 Å². The zero-order valence-electron chi connectivity index (χ0n) is 10.3. The summed E-state index contributed by atoms with van der Waals surface area (Å²) >= 11 is 0. The number of hydrogen-bond acceptors (Lipinski definition) is 4. The summed E-state index contributed by atoms with van der Waals surface area (Å²) in [4.78, 5) is 0. The van der Waals surface area contributed by atoms with Crippen molar-refractivity contribution in [1.29, 1.82) is 0 Å². The molecular weight excluding hydrogens is 240 g/mol. The minimum atomic E-state index is -2.97. The van der Waals surface area contributed by atoms with Crippen LogP contribution < -0.4 is 0 Å². The van der Waals surface area contributed by atoms with Crippen LogP contribution in [0.15, 0.2) is 0 Å². The topological polar surface area (TPSA) is 63.6 Å². The van der Waals surface area contributed by atoms with Crippen LogP contribution in [0, 0.1) is 5.92 Å². The molecule has 1 aliphatic heterocycles. The first kappa shape index (κ1) is 13.3. The smallest absolute Gasteiger partial charge is 0.150 e. The average Bonchev–Trinajstić information content (AvgIpc) is 2.80. The first-order valence-electron chi connectivity index (χ1n) is 6.47. The van der Waals surface area contributed by atoms with Crippen molar-refractivity contribution in [2.45, 2.75) is 56.0 Å². The Kier molecular flexibility index (Phi) is 4.10. The summed E-state index contributed by atoms with van der Waals surface area (Å²) in [5, 5.41) is 9.97. The number of hydrogen-bond donors (Lipinski definition) is 1. The Labute approximate surface area is 103 Å². The highest BCUT2D eigenvalue weighted by Crippen LogP contribution is 2.33. The molecule has 2 rings (SSSR count). The zero-order valence-corrected chi connectivity index (χ0v) is 11.2. The van der Waals surface area contributed by atoms with E-state index in [1.54, 1.807) is 0 Å². The number of ether oxygens (including phenoxy) is 1. The van der Waals surface area contributed by atoms with Crippen molar-refractivity contribution in [3.63, 3.8) is 0 Å². The Morgan fingerprint density at radius 3 is 2.59 bits per heavy atom. The van der Waals surface area contributed by atoms with E-state index in [2.05, 4.69) is 0 Å². The molecule has 4 atom stereocenters. The Balaban J connectivity index is 1.96. The van der Waals surface area contributed by atoms with Crippen molar-refractivity contribution in [3.05, 3.63) is 0 Å². The van der Waals surface area contributed by atoms with Gasteiger partial charge in [-0.05, 0) is 38.0 Å². The average molecular weight is 262 g/mol. The van der Waals surface area contributed by atoms with Gasteiger partial charge in [0.2, 0.25) is 0 Å². The molecule has 2 aliphatic rings. The Morgan fingerprint density at radius 1 is 1.24 bits per heavy atom. The highest BCUT2D eigenvalue weighted by atomic mass is 32.2.